The van der Waals surface area contributed by atoms with E-state index in [1.807, 2.05) is 50.2 Å². The molecule has 0 fully saturated rings. The van der Waals surface area contributed by atoms with Crippen molar-refractivity contribution >= 4 is 5.97 Å². The molecule has 39 heavy (non-hydrogen) atoms. The molecule has 0 radical (unpaired) electrons. The quantitative estimate of drug-likeness (QED) is 0.274. The number of aryl methyl sites for hydroxylation is 2. The first-order valence-electron chi connectivity index (χ1n) is 13.1. The first-order valence-corrected chi connectivity index (χ1v) is 13.1. The molecule has 2 heterocycles. The zero-order valence-electron chi connectivity index (χ0n) is 21.8. The minimum absolute atomic E-state index is 0.0212. The molecule has 6 rings (SSSR count). The SMILES string of the molecule is Cc1cc(OCc2ccn[nH]2)cc(C)c1-c1ccc(F)c2c1CC[C@H]2Oc1ccc2c(c1)OC[C@H]2CC(=O)O. The number of carboxylic acids is 1. The average molecular weight is 529 g/mol. The van der Waals surface area contributed by atoms with Crippen LogP contribution in [-0.4, -0.2) is 27.9 Å². The maximum Gasteiger partial charge on any atom is 0.304 e. The fourth-order valence-corrected chi connectivity index (χ4v) is 5.86. The van der Waals surface area contributed by atoms with Crippen LogP contribution in [0.1, 0.15) is 58.4 Å². The van der Waals surface area contributed by atoms with E-state index in [2.05, 4.69) is 10.2 Å². The first-order chi connectivity index (χ1) is 18.9. The highest BCUT2D eigenvalue weighted by Gasteiger charge is 2.32. The molecule has 2 aliphatic rings. The third-order valence-electron chi connectivity index (χ3n) is 7.57. The van der Waals surface area contributed by atoms with Crippen LogP contribution in [0.5, 0.6) is 17.2 Å². The van der Waals surface area contributed by atoms with Crippen LogP contribution in [0.25, 0.3) is 11.1 Å². The van der Waals surface area contributed by atoms with Gasteiger partial charge >= 0.3 is 5.97 Å². The summed E-state index contributed by atoms with van der Waals surface area (Å²) in [6.07, 6.45) is 2.65. The van der Waals surface area contributed by atoms with E-state index in [9.17, 15) is 4.79 Å². The lowest BCUT2D eigenvalue weighted by molar-refractivity contribution is -0.137. The van der Waals surface area contributed by atoms with Crippen molar-refractivity contribution in [1.82, 2.24) is 10.2 Å². The molecule has 2 N–H and O–H groups in total. The molecule has 1 aliphatic heterocycles. The molecule has 0 saturated carbocycles. The van der Waals surface area contributed by atoms with Crippen LogP contribution >= 0.6 is 0 Å². The third-order valence-corrected chi connectivity index (χ3v) is 7.57. The van der Waals surface area contributed by atoms with E-state index in [1.54, 1.807) is 12.3 Å². The lowest BCUT2D eigenvalue weighted by Crippen LogP contribution is -2.07. The molecule has 2 atom stereocenters. The molecule has 0 bridgehead atoms. The normalized spacial score (nSPS) is 17.4. The van der Waals surface area contributed by atoms with Gasteiger partial charge in [0.15, 0.2) is 0 Å². The van der Waals surface area contributed by atoms with Gasteiger partial charge in [-0.3, -0.25) is 9.89 Å². The number of hydrogen-bond acceptors (Lipinski definition) is 5. The van der Waals surface area contributed by atoms with Crippen molar-refractivity contribution in [2.24, 2.45) is 0 Å². The summed E-state index contributed by atoms with van der Waals surface area (Å²) in [6, 6.07) is 14.8. The molecule has 4 aromatic rings. The van der Waals surface area contributed by atoms with E-state index in [4.69, 9.17) is 19.3 Å². The Bertz CT molecular complexity index is 1530. The van der Waals surface area contributed by atoms with Crippen molar-refractivity contribution in [3.8, 4) is 28.4 Å². The number of nitrogens with one attached hydrogen (secondary N) is 1. The summed E-state index contributed by atoms with van der Waals surface area (Å²) in [6.45, 7) is 4.83. The van der Waals surface area contributed by atoms with Gasteiger partial charge in [0.25, 0.3) is 0 Å². The van der Waals surface area contributed by atoms with Gasteiger partial charge < -0.3 is 19.3 Å². The molecule has 7 nitrogen and oxygen atoms in total. The smallest absolute Gasteiger partial charge is 0.304 e. The Morgan fingerprint density at radius 2 is 1.95 bits per heavy atom. The summed E-state index contributed by atoms with van der Waals surface area (Å²) in [4.78, 5) is 11.1. The lowest BCUT2D eigenvalue weighted by atomic mass is 9.90. The first kappa shape index (κ1) is 25.0. The van der Waals surface area contributed by atoms with Crippen molar-refractivity contribution < 1.29 is 28.5 Å². The zero-order valence-corrected chi connectivity index (χ0v) is 21.8. The highest BCUT2D eigenvalue weighted by molar-refractivity contribution is 5.76. The van der Waals surface area contributed by atoms with Gasteiger partial charge in [0.2, 0.25) is 0 Å². The van der Waals surface area contributed by atoms with Gasteiger partial charge in [0.05, 0.1) is 18.7 Å². The number of fused-ring (bicyclic) bond motifs is 2. The summed E-state index contributed by atoms with van der Waals surface area (Å²) in [5.41, 5.74) is 7.53. The molecule has 0 saturated heterocycles. The van der Waals surface area contributed by atoms with Crippen LogP contribution in [0.2, 0.25) is 0 Å². The van der Waals surface area contributed by atoms with E-state index < -0.39 is 12.1 Å². The molecular weight excluding hydrogens is 499 g/mol. The van der Waals surface area contributed by atoms with Crippen LogP contribution in [-0.2, 0) is 17.8 Å². The van der Waals surface area contributed by atoms with E-state index in [1.165, 1.54) is 6.07 Å². The summed E-state index contributed by atoms with van der Waals surface area (Å²) in [7, 11) is 0. The molecule has 3 aromatic carbocycles. The second-order valence-corrected chi connectivity index (χ2v) is 10.2. The summed E-state index contributed by atoms with van der Waals surface area (Å²) in [5.74, 6) is 0.684. The molecule has 1 aliphatic carbocycles. The number of aliphatic carboxylic acids is 1. The van der Waals surface area contributed by atoms with Crippen molar-refractivity contribution in [3.05, 3.63) is 94.1 Å². The van der Waals surface area contributed by atoms with Gasteiger partial charge in [0, 0.05) is 29.3 Å². The van der Waals surface area contributed by atoms with Gasteiger partial charge in [-0.25, -0.2) is 4.39 Å². The largest absolute Gasteiger partial charge is 0.492 e. The number of hydrogen-bond donors (Lipinski definition) is 2. The molecule has 200 valence electrons. The maximum absolute atomic E-state index is 15.2. The number of nitrogens with zero attached hydrogens (tertiary/aromatic N) is 1. The Morgan fingerprint density at radius 3 is 2.69 bits per heavy atom. The Kier molecular flexibility index (Phi) is 6.46. The average Bonchev–Trinajstić information content (AvgIpc) is 3.65. The number of carboxylic acid groups (broad SMARTS) is 1. The van der Waals surface area contributed by atoms with Crippen LogP contribution in [0.15, 0.2) is 54.7 Å². The monoisotopic (exact) mass is 528 g/mol. The predicted octanol–water partition coefficient (Wildman–Crippen LogP) is 6.43. The van der Waals surface area contributed by atoms with E-state index in [0.717, 1.165) is 44.8 Å². The van der Waals surface area contributed by atoms with E-state index in [0.29, 0.717) is 43.1 Å². The Hall–Kier alpha value is -4.33. The maximum atomic E-state index is 15.2. The third kappa shape index (κ3) is 4.82. The van der Waals surface area contributed by atoms with Gasteiger partial charge in [-0.2, -0.15) is 5.10 Å². The second-order valence-electron chi connectivity index (χ2n) is 10.2. The van der Waals surface area contributed by atoms with Crippen LogP contribution in [0, 0.1) is 19.7 Å². The van der Waals surface area contributed by atoms with Gasteiger partial charge in [-0.05, 0) is 84.8 Å². The number of H-pyrrole nitrogens is 1. The predicted molar refractivity (Wildman–Crippen MR) is 143 cm³/mol. The number of rotatable bonds is 8. The number of aromatic nitrogens is 2. The minimum Gasteiger partial charge on any atom is -0.492 e. The second kappa shape index (κ2) is 10.1. The van der Waals surface area contributed by atoms with Crippen molar-refractivity contribution in [1.29, 1.82) is 0 Å². The molecule has 0 spiro atoms. The molecular formula is C31H29FN2O5. The highest BCUT2D eigenvalue weighted by Crippen LogP contribution is 2.45. The fourth-order valence-electron chi connectivity index (χ4n) is 5.86. The minimum atomic E-state index is -0.854. The zero-order chi connectivity index (χ0) is 27.1. The van der Waals surface area contributed by atoms with Crippen molar-refractivity contribution in [2.75, 3.05) is 6.61 Å². The lowest BCUT2D eigenvalue weighted by Gasteiger charge is -2.19. The van der Waals surface area contributed by atoms with Crippen molar-refractivity contribution in [3.63, 3.8) is 0 Å². The van der Waals surface area contributed by atoms with Crippen molar-refractivity contribution in [2.45, 2.75) is 51.7 Å². The van der Waals surface area contributed by atoms with Gasteiger partial charge in [-0.15, -0.1) is 0 Å². The fraction of sp³-hybridized carbons (Fsp3) is 0.290. The van der Waals surface area contributed by atoms with E-state index >= 15 is 4.39 Å². The Balaban J connectivity index is 1.25. The number of ether oxygens (including phenoxy) is 3. The standard InChI is InChI=1S/C31H29FN2O5/c1-17-11-22(37-16-20-9-10-33-34-20)12-18(2)30(17)24-5-7-26(32)31-25(24)6-8-27(31)39-21-3-4-23-19(13-29(35)36)15-38-28(23)14-21/h3-5,7,9-12,14,19,27H,6,8,13,15-16H2,1-2H3,(H,33,34)(H,35,36)/t19-,27-/m1/s1. The Labute approximate surface area is 225 Å². The van der Waals surface area contributed by atoms with Crippen LogP contribution in [0.3, 0.4) is 0 Å². The van der Waals surface area contributed by atoms with Gasteiger partial charge in [0.1, 0.15) is 35.8 Å². The summed E-state index contributed by atoms with van der Waals surface area (Å²) < 4.78 is 33.2. The van der Waals surface area contributed by atoms with E-state index in [-0.39, 0.29) is 18.2 Å². The van der Waals surface area contributed by atoms with Crippen LogP contribution < -0.4 is 14.2 Å². The van der Waals surface area contributed by atoms with Gasteiger partial charge in [-0.1, -0.05) is 12.1 Å². The number of aromatic amines is 1. The molecule has 0 amide bonds. The number of halogens is 1. The molecule has 1 aromatic heterocycles. The molecule has 0 unspecified atom stereocenters. The number of benzene rings is 3. The summed E-state index contributed by atoms with van der Waals surface area (Å²) in [5, 5.41) is 16.0. The summed E-state index contributed by atoms with van der Waals surface area (Å²) >= 11 is 0. The Morgan fingerprint density at radius 1 is 1.13 bits per heavy atom. The van der Waals surface area contributed by atoms with Crippen LogP contribution in [0.4, 0.5) is 4.39 Å². The highest BCUT2D eigenvalue weighted by atomic mass is 19.1. The molecule has 8 heteroatoms. The topological polar surface area (TPSA) is 93.7 Å². The number of carbonyl (C=O) groups is 1.